The molecule has 1 saturated carbocycles. The summed E-state index contributed by atoms with van der Waals surface area (Å²) in [6.07, 6.45) is 2.51. The van der Waals surface area contributed by atoms with Gasteiger partial charge in [-0.05, 0) is 48.7 Å². The van der Waals surface area contributed by atoms with E-state index in [9.17, 15) is 8.78 Å². The van der Waals surface area contributed by atoms with Crippen LogP contribution >= 0.6 is 27.7 Å². The molecule has 0 amide bonds. The lowest BCUT2D eigenvalue weighted by molar-refractivity contribution is 0.577. The molecule has 1 aliphatic carbocycles. The van der Waals surface area contributed by atoms with Crippen molar-refractivity contribution >= 4 is 27.7 Å². The summed E-state index contributed by atoms with van der Waals surface area (Å²) in [5.41, 5.74) is 1.17. The van der Waals surface area contributed by atoms with Gasteiger partial charge in [0.15, 0.2) is 0 Å². The monoisotopic (exact) mass is 369 g/mol. The number of rotatable bonds is 5. The first kappa shape index (κ1) is 15.0. The third-order valence-corrected chi connectivity index (χ3v) is 5.06. The van der Waals surface area contributed by atoms with Gasteiger partial charge in [0, 0.05) is 22.0 Å². The summed E-state index contributed by atoms with van der Waals surface area (Å²) in [6.45, 7) is 0.824. The molecule has 0 spiro atoms. The minimum Gasteiger partial charge on any atom is -0.310 e. The molecule has 2 aromatic rings. The van der Waals surface area contributed by atoms with E-state index >= 15 is 0 Å². The van der Waals surface area contributed by atoms with Crippen LogP contribution in [0.15, 0.2) is 50.7 Å². The SMILES string of the molecule is Fc1ccc(F)c(Sc2ccc(CNC3CC3)c(Br)c2)c1. The van der Waals surface area contributed by atoms with Gasteiger partial charge in [0.1, 0.15) is 11.6 Å². The number of hydrogen-bond acceptors (Lipinski definition) is 2. The van der Waals surface area contributed by atoms with Crippen molar-refractivity contribution in [3.8, 4) is 0 Å². The maximum Gasteiger partial charge on any atom is 0.137 e. The van der Waals surface area contributed by atoms with E-state index in [0.29, 0.717) is 10.9 Å². The van der Waals surface area contributed by atoms with Gasteiger partial charge in [-0.1, -0.05) is 33.8 Å². The number of halogens is 3. The number of benzene rings is 2. The van der Waals surface area contributed by atoms with Crippen LogP contribution in [0.4, 0.5) is 8.78 Å². The van der Waals surface area contributed by atoms with Crippen LogP contribution in [0.5, 0.6) is 0 Å². The second-order valence-electron chi connectivity index (χ2n) is 5.09. The van der Waals surface area contributed by atoms with Gasteiger partial charge in [-0.25, -0.2) is 8.78 Å². The van der Waals surface area contributed by atoms with E-state index in [-0.39, 0.29) is 0 Å². The summed E-state index contributed by atoms with van der Waals surface area (Å²) in [5.74, 6) is -0.833. The summed E-state index contributed by atoms with van der Waals surface area (Å²) < 4.78 is 27.8. The van der Waals surface area contributed by atoms with E-state index < -0.39 is 11.6 Å². The smallest absolute Gasteiger partial charge is 0.137 e. The summed E-state index contributed by atoms with van der Waals surface area (Å²) in [7, 11) is 0. The van der Waals surface area contributed by atoms with Crippen molar-refractivity contribution in [1.29, 1.82) is 0 Å². The average Bonchev–Trinajstić information content (AvgIpc) is 3.26. The van der Waals surface area contributed by atoms with Crippen LogP contribution < -0.4 is 5.32 Å². The maximum atomic E-state index is 13.6. The summed E-state index contributed by atoms with van der Waals surface area (Å²) in [6, 6.07) is 10.0. The van der Waals surface area contributed by atoms with Crippen LogP contribution in [0.3, 0.4) is 0 Å². The first-order valence-electron chi connectivity index (χ1n) is 6.76. The zero-order chi connectivity index (χ0) is 14.8. The third-order valence-electron chi connectivity index (χ3n) is 3.30. The van der Waals surface area contributed by atoms with E-state index in [0.717, 1.165) is 28.0 Å². The molecule has 3 rings (SSSR count). The van der Waals surface area contributed by atoms with E-state index in [2.05, 4.69) is 21.2 Å². The Morgan fingerprint density at radius 3 is 2.67 bits per heavy atom. The summed E-state index contributed by atoms with van der Waals surface area (Å²) in [4.78, 5) is 1.17. The Balaban J connectivity index is 1.73. The summed E-state index contributed by atoms with van der Waals surface area (Å²) >= 11 is 4.77. The Morgan fingerprint density at radius 1 is 1.14 bits per heavy atom. The van der Waals surface area contributed by atoms with Crippen molar-refractivity contribution in [2.24, 2.45) is 0 Å². The fourth-order valence-electron chi connectivity index (χ4n) is 1.96. The Kier molecular flexibility index (Phi) is 4.62. The Hall–Kier alpha value is -0.910. The first-order valence-corrected chi connectivity index (χ1v) is 8.37. The van der Waals surface area contributed by atoms with Gasteiger partial charge in [-0.2, -0.15) is 0 Å². The quantitative estimate of drug-likeness (QED) is 0.783. The lowest BCUT2D eigenvalue weighted by Gasteiger charge is -2.09. The molecule has 1 aliphatic rings. The van der Waals surface area contributed by atoms with Crippen LogP contribution in [0.1, 0.15) is 18.4 Å². The zero-order valence-corrected chi connectivity index (χ0v) is 13.6. The topological polar surface area (TPSA) is 12.0 Å². The fraction of sp³-hybridized carbons (Fsp3) is 0.250. The first-order chi connectivity index (χ1) is 10.1. The van der Waals surface area contributed by atoms with Gasteiger partial charge in [0.2, 0.25) is 0 Å². The largest absolute Gasteiger partial charge is 0.310 e. The van der Waals surface area contributed by atoms with Crippen LogP contribution in [-0.4, -0.2) is 6.04 Å². The highest BCUT2D eigenvalue weighted by Gasteiger charge is 2.20. The van der Waals surface area contributed by atoms with Crippen molar-refractivity contribution in [1.82, 2.24) is 5.32 Å². The van der Waals surface area contributed by atoms with E-state index in [1.165, 1.54) is 36.2 Å². The van der Waals surface area contributed by atoms with Crippen molar-refractivity contribution in [3.05, 3.63) is 58.1 Å². The normalized spacial score (nSPS) is 14.4. The number of nitrogens with one attached hydrogen (secondary N) is 1. The van der Waals surface area contributed by atoms with Crippen LogP contribution in [0.25, 0.3) is 0 Å². The van der Waals surface area contributed by atoms with Gasteiger partial charge in [0.05, 0.1) is 4.90 Å². The molecule has 0 aliphatic heterocycles. The highest BCUT2D eigenvalue weighted by atomic mass is 79.9. The van der Waals surface area contributed by atoms with Gasteiger partial charge in [0.25, 0.3) is 0 Å². The van der Waals surface area contributed by atoms with Crippen molar-refractivity contribution in [3.63, 3.8) is 0 Å². The van der Waals surface area contributed by atoms with Gasteiger partial charge in [-0.3, -0.25) is 0 Å². The Morgan fingerprint density at radius 2 is 1.95 bits per heavy atom. The molecule has 0 radical (unpaired) electrons. The van der Waals surface area contributed by atoms with E-state index in [1.807, 2.05) is 18.2 Å². The highest BCUT2D eigenvalue weighted by Crippen LogP contribution is 2.33. The molecule has 1 nitrogen and oxygen atoms in total. The van der Waals surface area contributed by atoms with Crippen LogP contribution in [0.2, 0.25) is 0 Å². The minimum atomic E-state index is -0.428. The molecule has 5 heteroatoms. The average molecular weight is 370 g/mol. The predicted octanol–water partition coefficient (Wildman–Crippen LogP) is 5.13. The van der Waals surface area contributed by atoms with Crippen LogP contribution in [-0.2, 0) is 6.54 Å². The highest BCUT2D eigenvalue weighted by molar-refractivity contribution is 9.10. The molecule has 0 unspecified atom stereocenters. The maximum absolute atomic E-state index is 13.6. The minimum absolute atomic E-state index is 0.297. The molecular formula is C16H14BrF2NS. The van der Waals surface area contributed by atoms with E-state index in [4.69, 9.17) is 0 Å². The molecule has 110 valence electrons. The Labute approximate surface area is 135 Å². The molecule has 21 heavy (non-hydrogen) atoms. The van der Waals surface area contributed by atoms with Gasteiger partial charge < -0.3 is 5.32 Å². The molecule has 0 atom stereocenters. The van der Waals surface area contributed by atoms with Gasteiger partial charge >= 0.3 is 0 Å². The zero-order valence-electron chi connectivity index (χ0n) is 11.2. The second kappa shape index (κ2) is 6.46. The lowest BCUT2D eigenvalue weighted by atomic mass is 10.2. The van der Waals surface area contributed by atoms with Crippen molar-refractivity contribution in [2.45, 2.75) is 35.2 Å². The molecule has 0 heterocycles. The third kappa shape index (κ3) is 4.05. The molecular weight excluding hydrogens is 356 g/mol. The van der Waals surface area contributed by atoms with Crippen LogP contribution in [0, 0.1) is 11.6 Å². The fourth-order valence-corrected chi connectivity index (χ4v) is 3.53. The summed E-state index contributed by atoms with van der Waals surface area (Å²) in [5, 5.41) is 3.45. The molecule has 1 N–H and O–H groups in total. The van der Waals surface area contributed by atoms with Crippen molar-refractivity contribution in [2.75, 3.05) is 0 Å². The second-order valence-corrected chi connectivity index (χ2v) is 7.05. The number of hydrogen-bond donors (Lipinski definition) is 1. The molecule has 1 fully saturated rings. The van der Waals surface area contributed by atoms with E-state index in [1.54, 1.807) is 0 Å². The standard InChI is InChI=1S/C16H14BrF2NS/c17-14-8-13(5-1-10(14)9-20-12-3-4-12)21-16-7-11(18)2-6-15(16)19/h1-2,5-8,12,20H,3-4,9H2. The molecule has 0 saturated heterocycles. The van der Waals surface area contributed by atoms with Crippen molar-refractivity contribution < 1.29 is 8.78 Å². The molecule has 0 aromatic heterocycles. The Bertz CT molecular complexity index is 659. The molecule has 0 bridgehead atoms. The predicted molar refractivity (Wildman–Crippen MR) is 84.5 cm³/mol. The molecule has 2 aromatic carbocycles. The lowest BCUT2D eigenvalue weighted by Crippen LogP contribution is -2.15. The van der Waals surface area contributed by atoms with Gasteiger partial charge in [-0.15, -0.1) is 0 Å².